The average molecular weight is 405 g/mol. The molecule has 0 aromatic carbocycles. The van der Waals surface area contributed by atoms with Crippen LogP contribution in [0, 0.1) is 5.92 Å². The summed E-state index contributed by atoms with van der Waals surface area (Å²) in [5.74, 6) is 1.87. The summed E-state index contributed by atoms with van der Waals surface area (Å²) in [5, 5.41) is 19.5. The molecule has 2 aromatic rings. The Morgan fingerprint density at radius 2 is 2.29 bits per heavy atom. The Balaban J connectivity index is 1.51. The molecule has 154 valence electrons. The monoisotopic (exact) mass is 404 g/mol. The third kappa shape index (κ3) is 6.09. The number of aliphatic hydroxyl groups is 1. The maximum Gasteiger partial charge on any atom is 0.191 e. The summed E-state index contributed by atoms with van der Waals surface area (Å²) in [5.41, 5.74) is -1.12. The number of furan rings is 1. The van der Waals surface area contributed by atoms with E-state index in [1.165, 1.54) is 24.3 Å². The number of aliphatic imine (C=N–C) groups is 1. The maximum absolute atomic E-state index is 10.6. The van der Waals surface area contributed by atoms with E-state index in [0.717, 1.165) is 32.1 Å². The van der Waals surface area contributed by atoms with E-state index in [0.29, 0.717) is 11.7 Å². The maximum atomic E-state index is 10.6. The fourth-order valence-corrected chi connectivity index (χ4v) is 4.31. The smallest absolute Gasteiger partial charge is 0.191 e. The molecule has 3 heterocycles. The number of nitrogens with zero attached hydrogens (tertiary/aromatic N) is 2. The van der Waals surface area contributed by atoms with Crippen molar-refractivity contribution in [3.8, 4) is 0 Å². The van der Waals surface area contributed by atoms with Gasteiger partial charge in [-0.1, -0.05) is 6.07 Å². The van der Waals surface area contributed by atoms with Crippen LogP contribution in [0.15, 0.2) is 45.3 Å². The Hall–Kier alpha value is -1.83. The van der Waals surface area contributed by atoms with Gasteiger partial charge in [-0.3, -0.25) is 4.90 Å². The molecule has 7 heteroatoms. The molecule has 0 radical (unpaired) electrons. The molecule has 2 unspecified atom stereocenters. The van der Waals surface area contributed by atoms with Crippen molar-refractivity contribution in [2.24, 2.45) is 10.9 Å². The van der Waals surface area contributed by atoms with Gasteiger partial charge in [0.1, 0.15) is 11.4 Å². The lowest BCUT2D eigenvalue weighted by molar-refractivity contribution is 0.0437. The van der Waals surface area contributed by atoms with E-state index < -0.39 is 5.60 Å². The van der Waals surface area contributed by atoms with Gasteiger partial charge in [0.2, 0.25) is 0 Å². The Morgan fingerprint density at radius 3 is 3.00 bits per heavy atom. The predicted octanol–water partition coefficient (Wildman–Crippen LogP) is 3.02. The van der Waals surface area contributed by atoms with Crippen LogP contribution in [-0.4, -0.2) is 48.7 Å². The predicted molar refractivity (Wildman–Crippen MR) is 115 cm³/mol. The van der Waals surface area contributed by atoms with Gasteiger partial charge in [-0.25, -0.2) is 4.99 Å². The molecular weight excluding hydrogens is 372 g/mol. The summed E-state index contributed by atoms with van der Waals surface area (Å²) >= 11 is 1.83. The van der Waals surface area contributed by atoms with Crippen LogP contribution in [-0.2, 0) is 12.1 Å². The fourth-order valence-electron chi connectivity index (χ4n) is 3.56. The lowest BCUT2D eigenvalue weighted by Gasteiger charge is -2.32. The van der Waals surface area contributed by atoms with Crippen molar-refractivity contribution < 1.29 is 9.52 Å². The van der Waals surface area contributed by atoms with Crippen LogP contribution in [0.25, 0.3) is 0 Å². The highest BCUT2D eigenvalue weighted by atomic mass is 32.1. The van der Waals surface area contributed by atoms with E-state index in [-0.39, 0.29) is 6.54 Å². The van der Waals surface area contributed by atoms with Gasteiger partial charge < -0.3 is 20.2 Å². The SMILES string of the molecule is CCNC(=NCC(C)(O)c1ccco1)NCC1CCCN(Cc2cccs2)C1. The minimum Gasteiger partial charge on any atom is -0.466 e. The van der Waals surface area contributed by atoms with Crippen LogP contribution in [0.4, 0.5) is 0 Å². The van der Waals surface area contributed by atoms with Crippen LogP contribution in [0.1, 0.15) is 37.3 Å². The first-order valence-electron chi connectivity index (χ1n) is 10.1. The van der Waals surface area contributed by atoms with Crippen LogP contribution in [0.2, 0.25) is 0 Å². The van der Waals surface area contributed by atoms with Gasteiger partial charge in [0.05, 0.1) is 12.8 Å². The number of thiophene rings is 1. The Labute approximate surface area is 171 Å². The standard InChI is InChI=1S/C21H32N4O2S/c1-3-22-20(24-16-21(2,26)19-9-5-11-27-19)23-13-17-7-4-10-25(14-17)15-18-8-6-12-28-18/h5-6,8-9,11-12,17,26H,3-4,7,10,13-16H2,1-2H3,(H2,22,23,24). The molecule has 0 aliphatic carbocycles. The zero-order valence-corrected chi connectivity index (χ0v) is 17.7. The lowest BCUT2D eigenvalue weighted by Crippen LogP contribution is -2.44. The van der Waals surface area contributed by atoms with Crippen LogP contribution < -0.4 is 10.6 Å². The number of guanidine groups is 1. The topological polar surface area (TPSA) is 73.0 Å². The van der Waals surface area contributed by atoms with Crippen LogP contribution >= 0.6 is 11.3 Å². The van der Waals surface area contributed by atoms with Crippen molar-refractivity contribution in [3.05, 3.63) is 46.5 Å². The zero-order valence-electron chi connectivity index (χ0n) is 16.9. The Kier molecular flexibility index (Phi) is 7.53. The highest BCUT2D eigenvalue weighted by molar-refractivity contribution is 7.09. The molecule has 0 spiro atoms. The average Bonchev–Trinajstić information content (AvgIpc) is 3.39. The van der Waals surface area contributed by atoms with E-state index in [2.05, 4.69) is 38.0 Å². The first-order chi connectivity index (χ1) is 13.6. The molecule has 6 nitrogen and oxygen atoms in total. The molecule has 1 saturated heterocycles. The molecule has 0 saturated carbocycles. The lowest BCUT2D eigenvalue weighted by atomic mass is 9.98. The molecule has 3 rings (SSSR count). The van der Waals surface area contributed by atoms with Crippen LogP contribution in [0.3, 0.4) is 0 Å². The number of hydrogen-bond acceptors (Lipinski definition) is 5. The van der Waals surface area contributed by atoms with E-state index in [4.69, 9.17) is 4.42 Å². The van der Waals surface area contributed by atoms with E-state index in [1.54, 1.807) is 25.3 Å². The van der Waals surface area contributed by atoms with Crippen molar-refractivity contribution in [3.63, 3.8) is 0 Å². The molecule has 2 atom stereocenters. The minimum absolute atomic E-state index is 0.241. The van der Waals surface area contributed by atoms with E-state index >= 15 is 0 Å². The second kappa shape index (κ2) is 10.1. The summed E-state index contributed by atoms with van der Waals surface area (Å²) in [6.07, 6.45) is 4.04. The van der Waals surface area contributed by atoms with Gasteiger partial charge >= 0.3 is 0 Å². The summed E-state index contributed by atoms with van der Waals surface area (Å²) in [6.45, 7) is 9.01. The van der Waals surface area contributed by atoms with Crippen molar-refractivity contribution in [1.82, 2.24) is 15.5 Å². The van der Waals surface area contributed by atoms with Crippen molar-refractivity contribution in [2.75, 3.05) is 32.7 Å². The number of piperidine rings is 1. The quantitative estimate of drug-likeness (QED) is 0.466. The summed E-state index contributed by atoms with van der Waals surface area (Å²) in [7, 11) is 0. The Bertz CT molecular complexity index is 713. The minimum atomic E-state index is -1.12. The summed E-state index contributed by atoms with van der Waals surface area (Å²) in [4.78, 5) is 8.56. The molecule has 28 heavy (non-hydrogen) atoms. The van der Waals surface area contributed by atoms with Crippen LogP contribution in [0.5, 0.6) is 0 Å². The molecule has 1 aliphatic rings. The zero-order chi connectivity index (χ0) is 19.8. The molecular formula is C21H32N4O2S. The number of likely N-dealkylation sites (tertiary alicyclic amines) is 1. The van der Waals surface area contributed by atoms with Gasteiger partial charge in [0.15, 0.2) is 5.96 Å². The van der Waals surface area contributed by atoms with Gasteiger partial charge in [-0.2, -0.15) is 0 Å². The number of nitrogens with one attached hydrogen (secondary N) is 2. The molecule has 2 aromatic heterocycles. The second-order valence-corrected chi connectivity index (χ2v) is 8.68. The largest absolute Gasteiger partial charge is 0.466 e. The first kappa shape index (κ1) is 20.9. The molecule has 0 amide bonds. The van der Waals surface area contributed by atoms with Gasteiger partial charge in [0, 0.05) is 31.1 Å². The third-order valence-electron chi connectivity index (χ3n) is 5.06. The normalized spacial score (nSPS) is 20.7. The van der Waals surface area contributed by atoms with E-state index in [9.17, 15) is 5.11 Å². The van der Waals surface area contributed by atoms with Crippen molar-refractivity contribution in [2.45, 2.75) is 38.8 Å². The molecule has 0 bridgehead atoms. The molecule has 1 aliphatic heterocycles. The summed E-state index contributed by atoms with van der Waals surface area (Å²) in [6, 6.07) is 7.90. The second-order valence-electron chi connectivity index (χ2n) is 7.65. The number of hydrogen-bond donors (Lipinski definition) is 3. The Morgan fingerprint density at radius 1 is 1.39 bits per heavy atom. The van der Waals surface area contributed by atoms with Gasteiger partial charge in [-0.15, -0.1) is 11.3 Å². The molecule has 3 N–H and O–H groups in total. The summed E-state index contributed by atoms with van der Waals surface area (Å²) < 4.78 is 5.34. The fraction of sp³-hybridized carbons (Fsp3) is 0.571. The highest BCUT2D eigenvalue weighted by Crippen LogP contribution is 2.22. The van der Waals surface area contributed by atoms with Gasteiger partial charge in [-0.05, 0) is 62.7 Å². The van der Waals surface area contributed by atoms with Gasteiger partial charge in [0.25, 0.3) is 0 Å². The molecule has 1 fully saturated rings. The van der Waals surface area contributed by atoms with Crippen molar-refractivity contribution in [1.29, 1.82) is 0 Å². The first-order valence-corrected chi connectivity index (χ1v) is 11.0. The van der Waals surface area contributed by atoms with E-state index in [1.807, 2.05) is 18.3 Å². The third-order valence-corrected chi connectivity index (χ3v) is 5.92. The highest BCUT2D eigenvalue weighted by Gasteiger charge is 2.26. The number of rotatable bonds is 8. The van der Waals surface area contributed by atoms with Crippen molar-refractivity contribution >= 4 is 17.3 Å².